The van der Waals surface area contributed by atoms with Crippen molar-refractivity contribution < 1.29 is 0 Å². The number of aromatic nitrogens is 3. The molecule has 7 aromatic carbocycles. The highest BCUT2D eigenvalue weighted by molar-refractivity contribution is 6.10. The highest BCUT2D eigenvalue weighted by Gasteiger charge is 2.38. The first kappa shape index (κ1) is 33.8. The molecule has 3 aliphatic rings. The Bertz CT molecular complexity index is 3210. The summed E-state index contributed by atoms with van der Waals surface area (Å²) in [4.78, 5) is 12.7. The summed E-state index contributed by atoms with van der Waals surface area (Å²) in [5, 5.41) is 2.37. The first-order valence-corrected chi connectivity index (χ1v) is 20.6. The summed E-state index contributed by atoms with van der Waals surface area (Å²) in [6.45, 7) is 4.67. The second kappa shape index (κ2) is 12.9. The van der Waals surface area contributed by atoms with Crippen LogP contribution in [0.2, 0.25) is 0 Å². The van der Waals surface area contributed by atoms with E-state index in [-0.39, 0.29) is 17.4 Å². The third-order valence-electron chi connectivity index (χ3n) is 13.0. The van der Waals surface area contributed by atoms with Crippen LogP contribution in [0.1, 0.15) is 42.0 Å². The van der Waals surface area contributed by atoms with Gasteiger partial charge in [0.15, 0.2) is 0 Å². The summed E-state index contributed by atoms with van der Waals surface area (Å²) >= 11 is 0. The average Bonchev–Trinajstić information content (AvgIpc) is 3.89. The van der Waals surface area contributed by atoms with Crippen molar-refractivity contribution >= 4 is 38.8 Å². The predicted molar refractivity (Wildman–Crippen MR) is 243 cm³/mol. The van der Waals surface area contributed by atoms with Crippen LogP contribution in [0.15, 0.2) is 194 Å². The summed E-state index contributed by atoms with van der Waals surface area (Å²) in [6.07, 6.45) is 9.07. The topological polar surface area (TPSA) is 34.0 Å². The van der Waals surface area contributed by atoms with Crippen LogP contribution in [-0.4, -0.2) is 20.6 Å². The fourth-order valence-electron chi connectivity index (χ4n) is 10.2. The lowest BCUT2D eigenvalue weighted by atomic mass is 9.82. The largest absolute Gasteiger partial charge is 0.333 e. The van der Waals surface area contributed by atoms with Gasteiger partial charge in [-0.25, -0.2) is 9.97 Å². The Kier molecular flexibility index (Phi) is 7.37. The molecule has 4 nitrogen and oxygen atoms in total. The second-order valence-electron chi connectivity index (χ2n) is 16.6. The number of benzene rings is 7. The standard InChI is InChI=1S/C55H40N4/c1-55(2)47-25-21-36(35-13-5-3-6-14-35)31-43(47)44-34-39(22-26-48(44)55)49-29-30-56-54(57-49)59-51-20-12-10-18-42(51)46-33-38(24-28-53(46)59)37-23-27-52-45(32-37)41-17-9-11-19-50(41)58(52)40-15-7-4-8-16-40/h3-34,45,52H,1-2H3. The molecule has 1 aliphatic heterocycles. The van der Waals surface area contributed by atoms with Gasteiger partial charge in [-0.3, -0.25) is 4.57 Å². The van der Waals surface area contributed by atoms with Crippen molar-refractivity contribution in [3.05, 3.63) is 217 Å². The van der Waals surface area contributed by atoms with Crippen LogP contribution >= 0.6 is 0 Å². The third kappa shape index (κ3) is 5.16. The molecule has 59 heavy (non-hydrogen) atoms. The van der Waals surface area contributed by atoms with E-state index in [2.05, 4.69) is 205 Å². The number of rotatable bonds is 5. The summed E-state index contributed by atoms with van der Waals surface area (Å²) in [6, 6.07) is 61.9. The molecule has 2 aromatic heterocycles. The van der Waals surface area contributed by atoms with Gasteiger partial charge in [-0.15, -0.1) is 0 Å². The summed E-state index contributed by atoms with van der Waals surface area (Å²) in [5.41, 5.74) is 18.1. The molecule has 0 radical (unpaired) electrons. The number of allylic oxidation sites excluding steroid dienone is 2. The van der Waals surface area contributed by atoms with E-state index in [0.29, 0.717) is 5.95 Å². The number of nitrogens with zero attached hydrogens (tertiary/aromatic N) is 4. The maximum Gasteiger partial charge on any atom is 0.235 e. The van der Waals surface area contributed by atoms with Gasteiger partial charge in [-0.05, 0) is 105 Å². The molecule has 0 saturated carbocycles. The molecule has 0 N–H and O–H groups in total. The first-order valence-electron chi connectivity index (χ1n) is 20.6. The van der Waals surface area contributed by atoms with Crippen molar-refractivity contribution in [1.82, 2.24) is 14.5 Å². The van der Waals surface area contributed by atoms with Crippen molar-refractivity contribution in [1.29, 1.82) is 0 Å². The lowest BCUT2D eigenvalue weighted by Gasteiger charge is -2.29. The van der Waals surface area contributed by atoms with Gasteiger partial charge in [0, 0.05) is 45.2 Å². The zero-order valence-corrected chi connectivity index (χ0v) is 32.9. The molecule has 0 bridgehead atoms. The molecule has 0 fully saturated rings. The van der Waals surface area contributed by atoms with Gasteiger partial charge in [0.2, 0.25) is 5.95 Å². The van der Waals surface area contributed by atoms with Crippen molar-refractivity contribution in [2.24, 2.45) is 0 Å². The highest BCUT2D eigenvalue weighted by Crippen LogP contribution is 2.51. The molecule has 2 atom stereocenters. The lowest BCUT2D eigenvalue weighted by molar-refractivity contribution is 0.660. The van der Waals surface area contributed by atoms with E-state index in [1.807, 2.05) is 12.3 Å². The van der Waals surface area contributed by atoms with Gasteiger partial charge in [-0.1, -0.05) is 147 Å². The van der Waals surface area contributed by atoms with E-state index in [1.54, 1.807) is 0 Å². The maximum atomic E-state index is 5.30. The smallest absolute Gasteiger partial charge is 0.235 e. The number of hydrogen-bond donors (Lipinski definition) is 0. The number of fused-ring (bicyclic) bond motifs is 9. The average molecular weight is 757 g/mol. The van der Waals surface area contributed by atoms with Gasteiger partial charge < -0.3 is 4.90 Å². The molecule has 0 saturated heterocycles. The van der Waals surface area contributed by atoms with E-state index in [9.17, 15) is 0 Å². The highest BCUT2D eigenvalue weighted by atomic mass is 15.2. The summed E-state index contributed by atoms with van der Waals surface area (Å²) in [7, 11) is 0. The second-order valence-corrected chi connectivity index (χ2v) is 16.6. The summed E-state index contributed by atoms with van der Waals surface area (Å²) in [5.74, 6) is 0.918. The Morgan fingerprint density at radius 2 is 1.24 bits per heavy atom. The predicted octanol–water partition coefficient (Wildman–Crippen LogP) is 13.5. The first-order chi connectivity index (χ1) is 29.0. The van der Waals surface area contributed by atoms with Crippen molar-refractivity contribution in [3.8, 4) is 39.5 Å². The van der Waals surface area contributed by atoms with E-state index in [0.717, 1.165) is 22.3 Å². The molecular formula is C55H40N4. The third-order valence-corrected chi connectivity index (χ3v) is 13.0. The molecule has 0 spiro atoms. The van der Waals surface area contributed by atoms with Gasteiger partial charge in [0.1, 0.15) is 0 Å². The normalized spacial score (nSPS) is 17.1. The zero-order chi connectivity index (χ0) is 39.2. The molecule has 2 aliphatic carbocycles. The number of hydrogen-bond acceptors (Lipinski definition) is 3. The molecule has 0 amide bonds. The molecule has 280 valence electrons. The van der Waals surface area contributed by atoms with Crippen molar-refractivity contribution in [3.63, 3.8) is 0 Å². The van der Waals surface area contributed by atoms with Crippen LogP contribution in [0.5, 0.6) is 0 Å². The lowest BCUT2D eigenvalue weighted by Crippen LogP contribution is -2.28. The molecule has 4 heteroatoms. The molecule has 9 aromatic rings. The van der Waals surface area contributed by atoms with Crippen LogP contribution in [0.4, 0.5) is 11.4 Å². The van der Waals surface area contributed by atoms with Gasteiger partial charge in [0.25, 0.3) is 0 Å². The Hall–Kier alpha value is -7.30. The van der Waals surface area contributed by atoms with E-state index >= 15 is 0 Å². The van der Waals surface area contributed by atoms with Gasteiger partial charge >= 0.3 is 0 Å². The summed E-state index contributed by atoms with van der Waals surface area (Å²) < 4.78 is 2.22. The Labute approximate surface area is 344 Å². The minimum absolute atomic E-state index is 0.0909. The Balaban J connectivity index is 0.930. The molecule has 2 unspecified atom stereocenters. The van der Waals surface area contributed by atoms with Crippen LogP contribution in [0, 0.1) is 0 Å². The SMILES string of the molecule is CC1(C)c2ccc(-c3ccccc3)cc2-c2cc(-c3ccnc(-n4c5ccccc5c5cc(C6=CC7c8ccccc8N(c8ccccc8)C7C=C6)ccc54)n3)ccc21. The fourth-order valence-corrected chi connectivity index (χ4v) is 10.2. The van der Waals surface area contributed by atoms with Gasteiger partial charge in [0.05, 0.1) is 22.8 Å². The quantitative estimate of drug-likeness (QED) is 0.175. The number of para-hydroxylation sites is 3. The van der Waals surface area contributed by atoms with E-state index < -0.39 is 0 Å². The Morgan fingerprint density at radius 1 is 0.559 bits per heavy atom. The van der Waals surface area contributed by atoms with E-state index in [4.69, 9.17) is 9.97 Å². The zero-order valence-electron chi connectivity index (χ0n) is 32.9. The molecule has 12 rings (SSSR count). The van der Waals surface area contributed by atoms with E-state index in [1.165, 1.54) is 72.2 Å². The fraction of sp³-hybridized carbons (Fsp3) is 0.0909. The molecular weight excluding hydrogens is 717 g/mol. The monoisotopic (exact) mass is 756 g/mol. The number of anilines is 2. The molecule has 3 heterocycles. The minimum atomic E-state index is -0.0909. The van der Waals surface area contributed by atoms with Gasteiger partial charge in [-0.2, -0.15) is 0 Å². The van der Waals surface area contributed by atoms with Crippen LogP contribution in [-0.2, 0) is 5.41 Å². The van der Waals surface area contributed by atoms with Crippen molar-refractivity contribution in [2.75, 3.05) is 4.90 Å². The maximum absolute atomic E-state index is 5.30. The minimum Gasteiger partial charge on any atom is -0.333 e. The van der Waals surface area contributed by atoms with Crippen LogP contribution in [0.3, 0.4) is 0 Å². The van der Waals surface area contributed by atoms with Crippen LogP contribution < -0.4 is 4.90 Å². The Morgan fingerprint density at radius 3 is 2.07 bits per heavy atom. The van der Waals surface area contributed by atoms with Crippen LogP contribution in [0.25, 0.3) is 66.8 Å². The van der Waals surface area contributed by atoms with Crippen molar-refractivity contribution in [2.45, 2.75) is 31.2 Å².